The Labute approximate surface area is 142 Å². The summed E-state index contributed by atoms with van der Waals surface area (Å²) in [7, 11) is 0. The third kappa shape index (κ3) is 4.02. The van der Waals surface area contributed by atoms with Crippen molar-refractivity contribution in [2.45, 2.75) is 6.54 Å². The van der Waals surface area contributed by atoms with Gasteiger partial charge in [-0.2, -0.15) is 0 Å². The fourth-order valence-electron chi connectivity index (χ4n) is 2.56. The summed E-state index contributed by atoms with van der Waals surface area (Å²) in [6, 6.07) is 6.76. The van der Waals surface area contributed by atoms with Gasteiger partial charge in [0.25, 0.3) is 5.69 Å². The fourth-order valence-corrected chi connectivity index (χ4v) is 2.76. The Balaban J connectivity index is 1.54. The molecule has 0 saturated carbocycles. The minimum absolute atomic E-state index is 0.131. The molecule has 0 radical (unpaired) electrons. The number of aromatic nitrogens is 2. The van der Waals surface area contributed by atoms with Gasteiger partial charge in [-0.1, -0.05) is 12.1 Å². The van der Waals surface area contributed by atoms with Gasteiger partial charge in [-0.05, 0) is 21.5 Å². The summed E-state index contributed by atoms with van der Waals surface area (Å²) in [4.78, 5) is 23.4. The number of piperazine rings is 1. The van der Waals surface area contributed by atoms with Gasteiger partial charge in [0.05, 0.1) is 9.40 Å². The SMILES string of the molecule is O=[N+]([O-])c1ccc(CN2CCN(c3ncc(Br)cn3)CC2)cc1. The molecule has 0 amide bonds. The van der Waals surface area contributed by atoms with E-state index in [9.17, 15) is 10.1 Å². The molecule has 23 heavy (non-hydrogen) atoms. The predicted molar refractivity (Wildman–Crippen MR) is 90.3 cm³/mol. The van der Waals surface area contributed by atoms with Crippen molar-refractivity contribution in [2.24, 2.45) is 0 Å². The lowest BCUT2D eigenvalue weighted by molar-refractivity contribution is -0.384. The van der Waals surface area contributed by atoms with Crippen LogP contribution in [0.1, 0.15) is 5.56 Å². The maximum atomic E-state index is 10.7. The second-order valence-electron chi connectivity index (χ2n) is 5.39. The zero-order chi connectivity index (χ0) is 16.2. The van der Waals surface area contributed by atoms with Crippen LogP contribution in [-0.2, 0) is 6.54 Å². The molecule has 7 nitrogen and oxygen atoms in total. The van der Waals surface area contributed by atoms with Crippen molar-refractivity contribution in [1.29, 1.82) is 0 Å². The Bertz CT molecular complexity index is 669. The highest BCUT2D eigenvalue weighted by atomic mass is 79.9. The molecule has 1 aromatic heterocycles. The van der Waals surface area contributed by atoms with Gasteiger partial charge in [0.2, 0.25) is 5.95 Å². The third-order valence-electron chi connectivity index (χ3n) is 3.82. The molecule has 0 aliphatic carbocycles. The van der Waals surface area contributed by atoms with Crippen molar-refractivity contribution in [3.8, 4) is 0 Å². The van der Waals surface area contributed by atoms with Gasteiger partial charge in [0.15, 0.2) is 0 Å². The van der Waals surface area contributed by atoms with Crippen molar-refractivity contribution >= 4 is 27.6 Å². The first kappa shape index (κ1) is 15.8. The first-order valence-electron chi connectivity index (χ1n) is 7.30. The number of anilines is 1. The molecule has 1 aromatic carbocycles. The average Bonchev–Trinajstić information content (AvgIpc) is 2.57. The predicted octanol–water partition coefficient (Wildman–Crippen LogP) is 2.47. The lowest BCUT2D eigenvalue weighted by atomic mass is 10.2. The molecule has 8 heteroatoms. The molecule has 2 heterocycles. The number of benzene rings is 1. The number of hydrogen-bond donors (Lipinski definition) is 0. The lowest BCUT2D eigenvalue weighted by Crippen LogP contribution is -2.46. The van der Waals surface area contributed by atoms with Crippen molar-refractivity contribution in [3.63, 3.8) is 0 Å². The topological polar surface area (TPSA) is 75.4 Å². The Hall–Kier alpha value is -2.06. The third-order valence-corrected chi connectivity index (χ3v) is 4.22. The van der Waals surface area contributed by atoms with Gasteiger partial charge in [0.1, 0.15) is 0 Å². The van der Waals surface area contributed by atoms with Gasteiger partial charge >= 0.3 is 0 Å². The van der Waals surface area contributed by atoms with E-state index in [0.717, 1.165) is 48.7 Å². The number of hydrogen-bond acceptors (Lipinski definition) is 6. The van der Waals surface area contributed by atoms with Crippen LogP contribution in [-0.4, -0.2) is 46.0 Å². The van der Waals surface area contributed by atoms with E-state index in [1.54, 1.807) is 24.5 Å². The molecule has 1 aliphatic heterocycles. The van der Waals surface area contributed by atoms with Crippen LogP contribution in [0.2, 0.25) is 0 Å². The molecule has 1 aliphatic rings. The maximum absolute atomic E-state index is 10.7. The van der Waals surface area contributed by atoms with E-state index in [1.807, 2.05) is 12.1 Å². The molecule has 2 aromatic rings. The number of non-ortho nitro benzene ring substituents is 1. The van der Waals surface area contributed by atoms with E-state index in [4.69, 9.17) is 0 Å². The van der Waals surface area contributed by atoms with Crippen LogP contribution in [0.25, 0.3) is 0 Å². The summed E-state index contributed by atoms with van der Waals surface area (Å²) in [5.41, 5.74) is 1.22. The molecule has 1 saturated heterocycles. The second kappa shape index (κ2) is 7.01. The van der Waals surface area contributed by atoms with E-state index in [-0.39, 0.29) is 10.6 Å². The van der Waals surface area contributed by atoms with Crippen LogP contribution in [0.15, 0.2) is 41.1 Å². The smallest absolute Gasteiger partial charge is 0.269 e. The summed E-state index contributed by atoms with van der Waals surface area (Å²) in [5.74, 6) is 0.753. The zero-order valence-corrected chi connectivity index (χ0v) is 14.0. The second-order valence-corrected chi connectivity index (χ2v) is 6.30. The fraction of sp³-hybridized carbons (Fsp3) is 0.333. The maximum Gasteiger partial charge on any atom is 0.269 e. The Morgan fingerprint density at radius 3 is 2.26 bits per heavy atom. The van der Waals surface area contributed by atoms with Gasteiger partial charge in [0, 0.05) is 57.3 Å². The number of nitro benzene ring substituents is 1. The number of halogens is 1. The molecule has 0 spiro atoms. The molecule has 0 bridgehead atoms. The molecule has 0 atom stereocenters. The van der Waals surface area contributed by atoms with E-state index < -0.39 is 0 Å². The quantitative estimate of drug-likeness (QED) is 0.601. The molecular formula is C15H16BrN5O2. The van der Waals surface area contributed by atoms with Crippen molar-refractivity contribution in [1.82, 2.24) is 14.9 Å². The van der Waals surface area contributed by atoms with Gasteiger partial charge in [-0.25, -0.2) is 9.97 Å². The van der Waals surface area contributed by atoms with Crippen molar-refractivity contribution in [2.75, 3.05) is 31.1 Å². The molecule has 1 fully saturated rings. The number of nitro groups is 1. The minimum atomic E-state index is -0.374. The van der Waals surface area contributed by atoms with E-state index in [2.05, 4.69) is 35.7 Å². The van der Waals surface area contributed by atoms with Gasteiger partial charge in [-0.15, -0.1) is 0 Å². The van der Waals surface area contributed by atoms with Gasteiger partial charge in [-0.3, -0.25) is 15.0 Å². The number of rotatable bonds is 4. The highest BCUT2D eigenvalue weighted by Gasteiger charge is 2.19. The molecule has 3 rings (SSSR count). The van der Waals surface area contributed by atoms with Crippen molar-refractivity contribution < 1.29 is 4.92 Å². The summed E-state index contributed by atoms with van der Waals surface area (Å²) in [5, 5.41) is 10.7. The Morgan fingerprint density at radius 1 is 1.09 bits per heavy atom. The van der Waals surface area contributed by atoms with Crippen LogP contribution in [0.4, 0.5) is 11.6 Å². The van der Waals surface area contributed by atoms with E-state index >= 15 is 0 Å². The number of nitrogens with zero attached hydrogens (tertiary/aromatic N) is 5. The van der Waals surface area contributed by atoms with Crippen LogP contribution in [0.3, 0.4) is 0 Å². The lowest BCUT2D eigenvalue weighted by Gasteiger charge is -2.34. The summed E-state index contributed by atoms with van der Waals surface area (Å²) >= 11 is 3.34. The van der Waals surface area contributed by atoms with E-state index in [0.29, 0.717) is 0 Å². The highest BCUT2D eigenvalue weighted by molar-refractivity contribution is 9.10. The van der Waals surface area contributed by atoms with Crippen LogP contribution in [0.5, 0.6) is 0 Å². The zero-order valence-electron chi connectivity index (χ0n) is 12.4. The normalized spacial score (nSPS) is 15.6. The highest BCUT2D eigenvalue weighted by Crippen LogP contribution is 2.16. The summed E-state index contributed by atoms with van der Waals surface area (Å²) in [6.45, 7) is 4.36. The average molecular weight is 378 g/mol. The summed E-state index contributed by atoms with van der Waals surface area (Å²) < 4.78 is 0.873. The first-order valence-corrected chi connectivity index (χ1v) is 8.09. The van der Waals surface area contributed by atoms with Crippen LogP contribution >= 0.6 is 15.9 Å². The van der Waals surface area contributed by atoms with Gasteiger partial charge < -0.3 is 4.90 Å². The molecule has 120 valence electrons. The minimum Gasteiger partial charge on any atom is -0.338 e. The summed E-state index contributed by atoms with van der Waals surface area (Å²) in [6.07, 6.45) is 3.51. The van der Waals surface area contributed by atoms with Crippen molar-refractivity contribution in [3.05, 3.63) is 56.8 Å². The Morgan fingerprint density at radius 2 is 1.70 bits per heavy atom. The van der Waals surface area contributed by atoms with E-state index in [1.165, 1.54) is 0 Å². The first-order chi connectivity index (χ1) is 11.1. The van der Waals surface area contributed by atoms with Crippen LogP contribution < -0.4 is 4.90 Å². The molecule has 0 N–H and O–H groups in total. The molecule has 0 unspecified atom stereocenters. The largest absolute Gasteiger partial charge is 0.338 e. The Kier molecular flexibility index (Phi) is 4.82. The van der Waals surface area contributed by atoms with Crippen LogP contribution in [0, 0.1) is 10.1 Å². The monoisotopic (exact) mass is 377 g/mol. The standard InChI is InChI=1S/C15H16BrN5O2/c16-13-9-17-15(18-10-13)20-7-5-19(6-8-20)11-12-1-3-14(4-2-12)21(22)23/h1-4,9-10H,5-8,11H2. The molecular weight excluding hydrogens is 362 g/mol.